The fraction of sp³-hybridized carbons (Fsp3) is 0.429. The van der Waals surface area contributed by atoms with E-state index in [1.165, 1.54) is 12.4 Å². The molecule has 0 aromatic carbocycles. The van der Waals surface area contributed by atoms with Crippen molar-refractivity contribution in [3.05, 3.63) is 23.2 Å². The molecule has 0 bridgehead atoms. The molecule has 0 radical (unpaired) electrons. The summed E-state index contributed by atoms with van der Waals surface area (Å²) in [6.45, 7) is 1.70. The van der Waals surface area contributed by atoms with Gasteiger partial charge in [0, 0.05) is 6.04 Å². The maximum Gasteiger partial charge on any atom is 0.147 e. The van der Waals surface area contributed by atoms with Gasteiger partial charge in [0.15, 0.2) is 0 Å². The Kier molecular flexibility index (Phi) is 2.97. The standard InChI is InChI=1S/C7H10ClN3O/c1-4(9)7(12)5-2-11-6(8)3-10-5/h2-4,7,12H,9H2,1H3. The number of nitrogens with zero attached hydrogens (tertiary/aromatic N) is 2. The van der Waals surface area contributed by atoms with Gasteiger partial charge in [-0.3, -0.25) is 4.98 Å². The molecule has 66 valence electrons. The van der Waals surface area contributed by atoms with E-state index in [1.807, 2.05) is 0 Å². The Labute approximate surface area is 75.4 Å². The molecule has 1 aromatic heterocycles. The maximum absolute atomic E-state index is 9.42. The molecule has 12 heavy (non-hydrogen) atoms. The predicted molar refractivity (Wildman–Crippen MR) is 45.7 cm³/mol. The van der Waals surface area contributed by atoms with Crippen LogP contribution in [0, 0.1) is 0 Å². The van der Waals surface area contributed by atoms with Crippen LogP contribution in [-0.4, -0.2) is 21.1 Å². The van der Waals surface area contributed by atoms with Crippen LogP contribution in [0.1, 0.15) is 18.7 Å². The molecular weight excluding hydrogens is 178 g/mol. The summed E-state index contributed by atoms with van der Waals surface area (Å²) in [6.07, 6.45) is 2.01. The second kappa shape index (κ2) is 3.80. The molecule has 0 saturated heterocycles. The highest BCUT2D eigenvalue weighted by atomic mass is 35.5. The number of hydrogen-bond acceptors (Lipinski definition) is 4. The average Bonchev–Trinajstić information content (AvgIpc) is 2.04. The zero-order chi connectivity index (χ0) is 9.14. The molecule has 0 aliphatic rings. The Balaban J connectivity index is 2.82. The molecule has 0 saturated carbocycles. The number of halogens is 1. The molecule has 4 nitrogen and oxygen atoms in total. The van der Waals surface area contributed by atoms with E-state index in [0.717, 1.165) is 0 Å². The van der Waals surface area contributed by atoms with Gasteiger partial charge in [-0.1, -0.05) is 11.6 Å². The molecule has 0 aliphatic heterocycles. The first kappa shape index (κ1) is 9.38. The van der Waals surface area contributed by atoms with E-state index in [4.69, 9.17) is 17.3 Å². The molecule has 5 heteroatoms. The minimum atomic E-state index is -0.783. The Morgan fingerprint density at radius 2 is 2.17 bits per heavy atom. The van der Waals surface area contributed by atoms with Crippen molar-refractivity contribution in [1.82, 2.24) is 9.97 Å². The van der Waals surface area contributed by atoms with Crippen LogP contribution in [-0.2, 0) is 0 Å². The monoisotopic (exact) mass is 187 g/mol. The van der Waals surface area contributed by atoms with Crippen molar-refractivity contribution < 1.29 is 5.11 Å². The van der Waals surface area contributed by atoms with Gasteiger partial charge in [-0.25, -0.2) is 4.98 Å². The van der Waals surface area contributed by atoms with Crippen LogP contribution >= 0.6 is 11.6 Å². The lowest BCUT2D eigenvalue weighted by Gasteiger charge is -2.12. The van der Waals surface area contributed by atoms with Crippen LogP contribution < -0.4 is 5.73 Å². The van der Waals surface area contributed by atoms with Gasteiger partial charge in [0.05, 0.1) is 18.1 Å². The first-order valence-corrected chi connectivity index (χ1v) is 3.90. The summed E-state index contributed by atoms with van der Waals surface area (Å²) in [4.78, 5) is 7.64. The summed E-state index contributed by atoms with van der Waals surface area (Å²) in [5.41, 5.74) is 5.89. The van der Waals surface area contributed by atoms with E-state index in [-0.39, 0.29) is 6.04 Å². The minimum absolute atomic E-state index is 0.302. The van der Waals surface area contributed by atoms with Gasteiger partial charge in [-0.05, 0) is 6.92 Å². The first-order chi connectivity index (χ1) is 5.61. The highest BCUT2D eigenvalue weighted by molar-refractivity contribution is 6.29. The molecule has 3 N–H and O–H groups in total. The SMILES string of the molecule is CC(N)C(O)c1cnc(Cl)cn1. The van der Waals surface area contributed by atoms with Crippen LogP contribution in [0.4, 0.5) is 0 Å². The summed E-state index contributed by atoms with van der Waals surface area (Å²) >= 11 is 5.51. The van der Waals surface area contributed by atoms with Gasteiger partial charge in [-0.15, -0.1) is 0 Å². The van der Waals surface area contributed by atoms with E-state index in [0.29, 0.717) is 10.8 Å². The first-order valence-electron chi connectivity index (χ1n) is 3.52. The van der Waals surface area contributed by atoms with Crippen molar-refractivity contribution in [3.63, 3.8) is 0 Å². The molecule has 1 rings (SSSR count). The van der Waals surface area contributed by atoms with Gasteiger partial charge >= 0.3 is 0 Å². The molecular formula is C7H10ClN3O. The van der Waals surface area contributed by atoms with Crippen molar-refractivity contribution >= 4 is 11.6 Å². The van der Waals surface area contributed by atoms with Gasteiger partial charge in [0.25, 0.3) is 0 Å². The Bertz CT molecular complexity index is 249. The quantitative estimate of drug-likeness (QED) is 0.708. The van der Waals surface area contributed by atoms with Crippen molar-refractivity contribution in [2.75, 3.05) is 0 Å². The van der Waals surface area contributed by atoms with Crippen LogP contribution in [0.3, 0.4) is 0 Å². The molecule has 0 spiro atoms. The third-order valence-electron chi connectivity index (χ3n) is 1.44. The van der Waals surface area contributed by atoms with E-state index in [2.05, 4.69) is 9.97 Å². The largest absolute Gasteiger partial charge is 0.385 e. The summed E-state index contributed by atoms with van der Waals surface area (Å²) in [5, 5.41) is 9.72. The fourth-order valence-corrected chi connectivity index (χ4v) is 0.842. The normalized spacial score (nSPS) is 15.7. The molecule has 1 heterocycles. The number of hydrogen-bond donors (Lipinski definition) is 2. The maximum atomic E-state index is 9.42. The Morgan fingerprint density at radius 3 is 2.58 bits per heavy atom. The van der Waals surface area contributed by atoms with E-state index >= 15 is 0 Å². The third-order valence-corrected chi connectivity index (χ3v) is 1.64. The molecule has 2 atom stereocenters. The summed E-state index contributed by atoms with van der Waals surface area (Å²) in [7, 11) is 0. The minimum Gasteiger partial charge on any atom is -0.385 e. The fourth-order valence-electron chi connectivity index (χ4n) is 0.744. The number of aromatic nitrogens is 2. The highest BCUT2D eigenvalue weighted by Crippen LogP contribution is 2.12. The predicted octanol–water partition coefficient (Wildman–Crippen LogP) is 0.511. The van der Waals surface area contributed by atoms with Crippen molar-refractivity contribution in [2.45, 2.75) is 19.1 Å². The van der Waals surface area contributed by atoms with Crippen LogP contribution in [0.5, 0.6) is 0 Å². The molecule has 2 unspecified atom stereocenters. The second-order valence-electron chi connectivity index (χ2n) is 2.57. The smallest absolute Gasteiger partial charge is 0.147 e. The lowest BCUT2D eigenvalue weighted by molar-refractivity contribution is 0.148. The average molecular weight is 188 g/mol. The van der Waals surface area contributed by atoms with Crippen LogP contribution in [0.2, 0.25) is 5.15 Å². The van der Waals surface area contributed by atoms with Gasteiger partial charge in [0.1, 0.15) is 11.3 Å². The zero-order valence-corrected chi connectivity index (χ0v) is 7.36. The summed E-state index contributed by atoms with van der Waals surface area (Å²) in [5.74, 6) is 0. The number of aliphatic hydroxyl groups is 1. The summed E-state index contributed by atoms with van der Waals surface area (Å²) < 4.78 is 0. The lowest BCUT2D eigenvalue weighted by atomic mass is 10.1. The van der Waals surface area contributed by atoms with Crippen molar-refractivity contribution in [3.8, 4) is 0 Å². The van der Waals surface area contributed by atoms with Crippen molar-refractivity contribution in [1.29, 1.82) is 0 Å². The number of nitrogens with two attached hydrogens (primary N) is 1. The second-order valence-corrected chi connectivity index (χ2v) is 2.96. The third kappa shape index (κ3) is 2.14. The van der Waals surface area contributed by atoms with Gasteiger partial charge < -0.3 is 10.8 Å². The zero-order valence-electron chi connectivity index (χ0n) is 6.61. The molecule has 1 aromatic rings. The Hall–Kier alpha value is -0.710. The number of aliphatic hydroxyl groups excluding tert-OH is 1. The highest BCUT2D eigenvalue weighted by Gasteiger charge is 2.13. The van der Waals surface area contributed by atoms with E-state index in [9.17, 15) is 5.11 Å². The van der Waals surface area contributed by atoms with Crippen molar-refractivity contribution in [2.24, 2.45) is 5.73 Å². The topological polar surface area (TPSA) is 72.0 Å². The van der Waals surface area contributed by atoms with Gasteiger partial charge in [-0.2, -0.15) is 0 Å². The van der Waals surface area contributed by atoms with Gasteiger partial charge in [0.2, 0.25) is 0 Å². The van der Waals surface area contributed by atoms with Crippen LogP contribution in [0.25, 0.3) is 0 Å². The molecule has 0 fully saturated rings. The summed E-state index contributed by atoms with van der Waals surface area (Å²) in [6, 6.07) is -0.361. The lowest BCUT2D eigenvalue weighted by Crippen LogP contribution is -2.25. The van der Waals surface area contributed by atoms with Crippen LogP contribution in [0.15, 0.2) is 12.4 Å². The molecule has 0 amide bonds. The van der Waals surface area contributed by atoms with E-state index in [1.54, 1.807) is 6.92 Å². The molecule has 0 aliphatic carbocycles. The number of rotatable bonds is 2. The Morgan fingerprint density at radius 1 is 1.50 bits per heavy atom. The van der Waals surface area contributed by atoms with E-state index < -0.39 is 6.10 Å².